The molecule has 1 atom stereocenters. The average Bonchev–Trinajstić information content (AvgIpc) is 3.11. The van der Waals surface area contributed by atoms with Crippen molar-refractivity contribution in [1.82, 2.24) is 14.9 Å². The lowest BCUT2D eigenvalue weighted by Gasteiger charge is -2.26. The van der Waals surface area contributed by atoms with Gasteiger partial charge in [-0.3, -0.25) is 14.8 Å². The van der Waals surface area contributed by atoms with E-state index >= 15 is 0 Å². The molecule has 1 aliphatic rings. The van der Waals surface area contributed by atoms with Gasteiger partial charge in [-0.15, -0.1) is 0 Å². The smallest absolute Gasteiger partial charge is 0.225 e. The fourth-order valence-corrected chi connectivity index (χ4v) is 3.19. The molecule has 7 heteroatoms. The lowest BCUT2D eigenvalue weighted by molar-refractivity contribution is -0.135. The number of nitrogens with zero attached hydrogens (tertiary/aromatic N) is 3. The first-order valence-corrected chi connectivity index (χ1v) is 8.73. The number of likely N-dealkylation sites (tertiary alicyclic amines) is 1. The van der Waals surface area contributed by atoms with Crippen molar-refractivity contribution in [3.05, 3.63) is 59.4 Å². The maximum absolute atomic E-state index is 13.3. The number of carbonyl (C=O) groups is 1. The second-order valence-electron chi connectivity index (χ2n) is 6.59. The Morgan fingerprint density at radius 1 is 1.50 bits per heavy atom. The summed E-state index contributed by atoms with van der Waals surface area (Å²) in [4.78, 5) is 23.3. The van der Waals surface area contributed by atoms with Gasteiger partial charge in [-0.2, -0.15) is 0 Å². The molecule has 3 radical (unpaired) electrons. The molecule has 0 N–H and O–H groups in total. The van der Waals surface area contributed by atoms with E-state index in [9.17, 15) is 9.18 Å². The highest BCUT2D eigenvalue weighted by molar-refractivity contribution is 6.75. The van der Waals surface area contributed by atoms with Crippen LogP contribution in [-0.4, -0.2) is 44.1 Å². The van der Waals surface area contributed by atoms with Gasteiger partial charge in [-0.05, 0) is 31.9 Å². The fraction of sp³-hybridized carbons (Fsp3) is 0.421. The highest BCUT2D eigenvalue weighted by Crippen LogP contribution is 2.31. The van der Waals surface area contributed by atoms with Gasteiger partial charge in [0, 0.05) is 40.5 Å². The molecule has 1 saturated heterocycles. The maximum Gasteiger partial charge on any atom is 0.225 e. The monoisotopic (exact) mass is 351 g/mol. The summed E-state index contributed by atoms with van der Waals surface area (Å²) < 4.78 is 19.2. The predicted octanol–water partition coefficient (Wildman–Crippen LogP) is 2.50. The van der Waals surface area contributed by atoms with Crippen LogP contribution in [0.3, 0.4) is 0 Å². The van der Waals surface area contributed by atoms with Crippen molar-refractivity contribution in [1.29, 1.82) is 1.34 Å². The molecule has 1 aromatic carbocycles. The molecule has 0 bridgehead atoms. The zero-order chi connectivity index (χ0) is 19.8. The summed E-state index contributed by atoms with van der Waals surface area (Å²) >= 11 is 0. The van der Waals surface area contributed by atoms with Crippen LogP contribution in [-0.2, 0) is 11.2 Å². The molecule has 0 saturated carbocycles. The molecule has 0 aliphatic carbocycles. The summed E-state index contributed by atoms with van der Waals surface area (Å²) in [6, 6.07) is 6.52. The molecule has 2 aromatic rings. The second kappa shape index (κ2) is 9.51. The number of benzene rings is 1. The number of carbonyl (C=O) groups excluding carboxylic acids is 1. The minimum Gasteiger partial charge on any atom is -0.334 e. The topological polar surface area (TPSA) is 46.1 Å². The lowest BCUT2D eigenvalue weighted by atomic mass is 9.81. The van der Waals surface area contributed by atoms with Crippen molar-refractivity contribution in [2.75, 3.05) is 6.54 Å². The average molecular weight is 351 g/mol. The molecule has 4 nitrogen and oxygen atoms in total. The van der Waals surface area contributed by atoms with Crippen molar-refractivity contribution in [3.63, 3.8) is 0 Å². The summed E-state index contributed by atoms with van der Waals surface area (Å²) in [6.45, 7) is 4.62. The predicted molar refractivity (Wildman–Crippen MR) is 103 cm³/mol. The number of hydrogen-bond acceptors (Lipinski definition) is 3. The van der Waals surface area contributed by atoms with Gasteiger partial charge >= 0.3 is 0 Å². The summed E-state index contributed by atoms with van der Waals surface area (Å²) in [7, 11) is 5.14. The first-order chi connectivity index (χ1) is 13.0. The molecule has 1 aliphatic heterocycles. The quantitative estimate of drug-likeness (QED) is 0.796. The van der Waals surface area contributed by atoms with Gasteiger partial charge < -0.3 is 4.90 Å². The van der Waals surface area contributed by atoms with E-state index in [-0.39, 0.29) is 23.7 Å². The molecule has 26 heavy (non-hydrogen) atoms. The van der Waals surface area contributed by atoms with E-state index in [2.05, 4.69) is 12.7 Å². The van der Waals surface area contributed by atoms with Crippen LogP contribution in [0, 0.1) is 11.7 Å². The first kappa shape index (κ1) is 18.6. The van der Waals surface area contributed by atoms with Gasteiger partial charge in [0.1, 0.15) is 5.82 Å². The number of aromatic nitrogens is 2. The van der Waals surface area contributed by atoms with E-state index < -0.39 is 0 Å². The molecular weight excluding hydrogens is 327 g/mol. The summed E-state index contributed by atoms with van der Waals surface area (Å²) in [5.74, 6) is -0.106. The number of rotatable bonds is 4. The van der Waals surface area contributed by atoms with Crippen molar-refractivity contribution < 1.29 is 9.18 Å². The van der Waals surface area contributed by atoms with E-state index in [4.69, 9.17) is 6.32 Å². The number of amides is 1. The summed E-state index contributed by atoms with van der Waals surface area (Å²) in [5.41, 5.74) is 2.49. The lowest BCUT2D eigenvalue weighted by Crippen LogP contribution is -2.34. The van der Waals surface area contributed by atoms with Gasteiger partial charge in [-0.1, -0.05) is 26.0 Å². The van der Waals surface area contributed by atoms with Gasteiger partial charge in [0.05, 0.1) is 23.6 Å². The Hall–Kier alpha value is -2.17. The van der Waals surface area contributed by atoms with Gasteiger partial charge in [0.25, 0.3) is 0 Å². The van der Waals surface area contributed by atoms with E-state index in [0.29, 0.717) is 6.42 Å². The van der Waals surface area contributed by atoms with Crippen LogP contribution in [0.5, 0.6) is 0 Å². The van der Waals surface area contributed by atoms with E-state index in [0.717, 1.165) is 44.0 Å². The fourth-order valence-electron chi connectivity index (χ4n) is 3.19. The summed E-state index contributed by atoms with van der Waals surface area (Å²) in [5, 5.41) is 0. The van der Waals surface area contributed by atoms with Crippen LogP contribution < -0.4 is 0 Å². The minimum absolute atomic E-state index is 0.000130. The highest BCUT2D eigenvalue weighted by Gasteiger charge is 2.32. The molecule has 133 valence electrons. The molecular formula is C19H23B2FN3O. The maximum atomic E-state index is 13.3. The minimum atomic E-state index is -0.249. The number of hydrogen-bond donors (Lipinski definition) is 0. The van der Waals surface area contributed by atoms with Crippen LogP contribution in [0.2, 0.25) is 0 Å². The Balaban J connectivity index is 0.000000817. The first-order valence-electron chi connectivity index (χ1n) is 9.31. The normalized spacial score (nSPS) is 16.7. The third kappa shape index (κ3) is 4.93. The van der Waals surface area contributed by atoms with Crippen LogP contribution in [0.1, 0.15) is 49.7 Å². The Kier molecular flexibility index (Phi) is 6.81. The molecule has 0 spiro atoms. The van der Waals surface area contributed by atoms with Crippen LogP contribution in [0.15, 0.2) is 36.7 Å². The molecule has 3 rings (SSSR count). The SMILES string of the molecule is CC(C)C(=O)N1CCCC1c1cncc(Cc2cccc(F)c2)n1.[2H][B][B]. The molecule has 1 amide bonds. The Morgan fingerprint density at radius 3 is 2.96 bits per heavy atom. The van der Waals surface area contributed by atoms with Crippen LogP contribution >= 0.6 is 0 Å². The van der Waals surface area contributed by atoms with Crippen molar-refractivity contribution in [3.8, 4) is 0 Å². The van der Waals surface area contributed by atoms with Crippen molar-refractivity contribution >= 4 is 21.3 Å². The number of halogens is 1. The third-order valence-electron chi connectivity index (χ3n) is 4.35. The largest absolute Gasteiger partial charge is 0.334 e. The van der Waals surface area contributed by atoms with E-state index in [1.54, 1.807) is 18.5 Å². The molecule has 1 fully saturated rings. The van der Waals surface area contributed by atoms with E-state index in [1.165, 1.54) is 12.1 Å². The standard InChI is InChI=1S/C19H22FN3O.B2H/c1-13(2)19(24)23-8-4-7-18(23)17-12-21-11-16(22-17)10-14-5-3-6-15(20)9-14;1-2/h3,5-6,9,11-13,18H,4,7-8,10H2,1-2H3;1H/i;1D. The van der Waals surface area contributed by atoms with Crippen LogP contribution in [0.4, 0.5) is 4.39 Å². The van der Waals surface area contributed by atoms with Gasteiger partial charge in [0.2, 0.25) is 5.91 Å². The highest BCUT2D eigenvalue weighted by atomic mass is 19.1. The Labute approximate surface area is 158 Å². The molecule has 2 heterocycles. The molecule has 1 unspecified atom stereocenters. The van der Waals surface area contributed by atoms with Gasteiger partial charge in [0.15, 0.2) is 0 Å². The zero-order valence-electron chi connectivity index (χ0n) is 16.2. The Morgan fingerprint density at radius 2 is 2.27 bits per heavy atom. The third-order valence-corrected chi connectivity index (χ3v) is 4.35. The van der Waals surface area contributed by atoms with Crippen molar-refractivity contribution in [2.24, 2.45) is 5.92 Å². The zero-order valence-corrected chi connectivity index (χ0v) is 15.2. The van der Waals surface area contributed by atoms with E-state index in [1.807, 2.05) is 24.8 Å². The summed E-state index contributed by atoms with van der Waals surface area (Å²) in [6.07, 6.45) is 5.88. The van der Waals surface area contributed by atoms with Crippen molar-refractivity contribution in [2.45, 2.75) is 39.2 Å². The molecule has 1 aromatic heterocycles. The Bertz CT molecular complexity index is 763. The second-order valence-corrected chi connectivity index (χ2v) is 6.59. The van der Waals surface area contributed by atoms with Gasteiger partial charge in [-0.25, -0.2) is 4.39 Å². The van der Waals surface area contributed by atoms with Crippen LogP contribution in [0.25, 0.3) is 0 Å².